The average Bonchev–Trinajstić information content (AvgIpc) is 3.25. The van der Waals surface area contributed by atoms with Crippen LogP contribution in [0.3, 0.4) is 0 Å². The number of hydrogen-bond donors (Lipinski definition) is 0. The maximum Gasteiger partial charge on any atom is 0.409 e. The molecular formula is C23H34N2O5S. The Hall–Kier alpha value is -2.09. The van der Waals surface area contributed by atoms with Crippen LogP contribution in [0.15, 0.2) is 23.1 Å². The summed E-state index contributed by atoms with van der Waals surface area (Å²) in [5.41, 5.74) is 1.53. The highest BCUT2D eigenvalue weighted by Crippen LogP contribution is 2.43. The van der Waals surface area contributed by atoms with Gasteiger partial charge in [0.15, 0.2) is 14.6 Å². The Bertz CT molecular complexity index is 927. The number of benzene rings is 1. The van der Waals surface area contributed by atoms with Crippen LogP contribution in [0.5, 0.6) is 0 Å². The monoisotopic (exact) mass is 450 g/mol. The number of nitrogens with zero attached hydrogens (tertiary/aromatic N) is 2. The fourth-order valence-corrected chi connectivity index (χ4v) is 6.90. The van der Waals surface area contributed by atoms with Crippen molar-refractivity contribution in [1.82, 2.24) is 9.80 Å². The number of piperazine rings is 1. The number of aryl methyl sites for hydroxylation is 2. The summed E-state index contributed by atoms with van der Waals surface area (Å²) in [6, 6.07) is 5.37. The van der Waals surface area contributed by atoms with Crippen LogP contribution >= 0.6 is 0 Å². The summed E-state index contributed by atoms with van der Waals surface area (Å²) >= 11 is 0. The topological polar surface area (TPSA) is 84.0 Å². The van der Waals surface area contributed by atoms with E-state index in [1.54, 1.807) is 28.9 Å². The van der Waals surface area contributed by atoms with Crippen molar-refractivity contribution in [3.05, 3.63) is 29.3 Å². The van der Waals surface area contributed by atoms with Crippen LogP contribution < -0.4 is 0 Å². The molecule has 2 amide bonds. The first-order chi connectivity index (χ1) is 14.6. The number of amides is 2. The molecule has 172 valence electrons. The molecule has 0 spiro atoms. The lowest BCUT2D eigenvalue weighted by molar-refractivity contribution is -0.135. The molecule has 2 aliphatic rings. The first-order valence-electron chi connectivity index (χ1n) is 11.1. The van der Waals surface area contributed by atoms with Crippen LogP contribution in [0.1, 0.15) is 50.7 Å². The van der Waals surface area contributed by atoms with Crippen LogP contribution in [-0.4, -0.2) is 67.8 Å². The van der Waals surface area contributed by atoms with E-state index in [0.29, 0.717) is 51.2 Å². The maximum absolute atomic E-state index is 13.8. The van der Waals surface area contributed by atoms with E-state index in [1.165, 1.54) is 0 Å². The van der Waals surface area contributed by atoms with Gasteiger partial charge in [-0.2, -0.15) is 0 Å². The van der Waals surface area contributed by atoms with Crippen LogP contribution in [0.2, 0.25) is 0 Å². The van der Waals surface area contributed by atoms with E-state index in [1.807, 2.05) is 26.8 Å². The molecule has 3 rings (SSSR count). The van der Waals surface area contributed by atoms with Crippen molar-refractivity contribution < 1.29 is 22.7 Å². The fraction of sp³-hybridized carbons (Fsp3) is 0.652. The Morgan fingerprint density at radius 3 is 2.19 bits per heavy atom. The van der Waals surface area contributed by atoms with E-state index in [4.69, 9.17) is 4.74 Å². The summed E-state index contributed by atoms with van der Waals surface area (Å²) in [5, 5.41) is 0. The van der Waals surface area contributed by atoms with Gasteiger partial charge in [0.1, 0.15) is 0 Å². The molecule has 0 unspecified atom stereocenters. The number of rotatable bonds is 5. The molecule has 2 fully saturated rings. The Kier molecular flexibility index (Phi) is 6.98. The molecule has 1 heterocycles. The number of carbonyl (C=O) groups is 2. The molecule has 1 aromatic rings. The molecule has 1 aromatic carbocycles. The normalized spacial score (nSPS) is 19.0. The second-order valence-electron chi connectivity index (χ2n) is 9.22. The minimum Gasteiger partial charge on any atom is -0.449 e. The number of sulfone groups is 1. The molecule has 1 saturated carbocycles. The smallest absolute Gasteiger partial charge is 0.409 e. The highest BCUT2D eigenvalue weighted by Gasteiger charge is 2.55. The van der Waals surface area contributed by atoms with Gasteiger partial charge in [-0.05, 0) is 49.8 Å². The van der Waals surface area contributed by atoms with Crippen molar-refractivity contribution in [3.63, 3.8) is 0 Å². The molecule has 0 N–H and O–H groups in total. The van der Waals surface area contributed by atoms with Gasteiger partial charge < -0.3 is 14.5 Å². The lowest BCUT2D eigenvalue weighted by Gasteiger charge is -2.39. The third kappa shape index (κ3) is 4.59. The molecule has 8 heteroatoms. The highest BCUT2D eigenvalue weighted by molar-refractivity contribution is 7.93. The van der Waals surface area contributed by atoms with E-state index >= 15 is 0 Å². The number of carbonyl (C=O) groups excluding carboxylic acids is 2. The van der Waals surface area contributed by atoms with Crippen molar-refractivity contribution in [1.29, 1.82) is 0 Å². The van der Waals surface area contributed by atoms with Gasteiger partial charge in [0, 0.05) is 26.2 Å². The zero-order chi connectivity index (χ0) is 22.8. The van der Waals surface area contributed by atoms with Crippen molar-refractivity contribution in [2.24, 2.45) is 5.92 Å². The first kappa shape index (κ1) is 23.6. The van der Waals surface area contributed by atoms with Crippen molar-refractivity contribution >= 4 is 21.8 Å². The van der Waals surface area contributed by atoms with Crippen LogP contribution in [0.4, 0.5) is 4.79 Å². The van der Waals surface area contributed by atoms with Crippen molar-refractivity contribution in [3.8, 4) is 0 Å². The molecule has 0 atom stereocenters. The molecule has 0 bridgehead atoms. The van der Waals surface area contributed by atoms with Gasteiger partial charge in [-0.1, -0.05) is 38.8 Å². The number of ether oxygens (including phenoxy) is 1. The van der Waals surface area contributed by atoms with E-state index in [0.717, 1.165) is 18.4 Å². The largest absolute Gasteiger partial charge is 0.449 e. The quantitative estimate of drug-likeness (QED) is 0.687. The van der Waals surface area contributed by atoms with E-state index in [9.17, 15) is 18.0 Å². The van der Waals surface area contributed by atoms with Gasteiger partial charge in [0.25, 0.3) is 0 Å². The van der Waals surface area contributed by atoms with Gasteiger partial charge >= 0.3 is 6.09 Å². The van der Waals surface area contributed by atoms with Crippen LogP contribution in [0.25, 0.3) is 0 Å². The second-order valence-corrected chi connectivity index (χ2v) is 11.5. The fourth-order valence-electron chi connectivity index (χ4n) is 4.46. The van der Waals surface area contributed by atoms with Crippen LogP contribution in [-0.2, 0) is 19.4 Å². The average molecular weight is 451 g/mol. The summed E-state index contributed by atoms with van der Waals surface area (Å²) in [6.45, 7) is 9.28. The summed E-state index contributed by atoms with van der Waals surface area (Å²) in [6.07, 6.45) is 1.75. The van der Waals surface area contributed by atoms with Crippen molar-refractivity contribution in [2.45, 2.75) is 63.0 Å². The summed E-state index contributed by atoms with van der Waals surface area (Å²) in [4.78, 5) is 29.3. The summed E-state index contributed by atoms with van der Waals surface area (Å²) in [7, 11) is -3.85. The Morgan fingerprint density at radius 2 is 1.61 bits per heavy atom. The molecule has 31 heavy (non-hydrogen) atoms. The van der Waals surface area contributed by atoms with E-state index in [2.05, 4.69) is 0 Å². The highest BCUT2D eigenvalue weighted by atomic mass is 32.2. The van der Waals surface area contributed by atoms with Crippen LogP contribution in [0, 0.1) is 19.8 Å². The standard InChI is InChI=1S/C23H34N2O5S/c1-17(2)16-30-22(27)25-13-11-24(12-14-25)21(26)23(9-5-6-10-23)31(28,29)20-15-18(3)7-8-19(20)4/h7-8,15,17H,5-6,9-14,16H2,1-4H3. The molecule has 1 aliphatic carbocycles. The Balaban J connectivity index is 1.79. The van der Waals surface area contributed by atoms with Gasteiger partial charge in [0.2, 0.25) is 5.91 Å². The minimum absolute atomic E-state index is 0.254. The third-order valence-corrected chi connectivity index (χ3v) is 8.94. The van der Waals surface area contributed by atoms with E-state index in [-0.39, 0.29) is 22.8 Å². The Morgan fingerprint density at radius 1 is 1.03 bits per heavy atom. The maximum atomic E-state index is 13.8. The predicted molar refractivity (Wildman–Crippen MR) is 119 cm³/mol. The molecule has 1 saturated heterocycles. The second kappa shape index (κ2) is 9.18. The van der Waals surface area contributed by atoms with Gasteiger partial charge in [-0.15, -0.1) is 0 Å². The van der Waals surface area contributed by atoms with Crippen molar-refractivity contribution in [2.75, 3.05) is 32.8 Å². The van der Waals surface area contributed by atoms with Gasteiger partial charge in [-0.25, -0.2) is 13.2 Å². The lowest BCUT2D eigenvalue weighted by atomic mass is 10.0. The Labute approximate surface area is 185 Å². The first-order valence-corrected chi connectivity index (χ1v) is 12.6. The minimum atomic E-state index is -3.85. The number of hydrogen-bond acceptors (Lipinski definition) is 5. The summed E-state index contributed by atoms with van der Waals surface area (Å²) < 4.78 is 31.5. The zero-order valence-electron chi connectivity index (χ0n) is 19.0. The van der Waals surface area contributed by atoms with Gasteiger partial charge in [-0.3, -0.25) is 4.79 Å². The zero-order valence-corrected chi connectivity index (χ0v) is 19.8. The molecule has 7 nitrogen and oxygen atoms in total. The summed E-state index contributed by atoms with van der Waals surface area (Å²) in [5.74, 6) is -0.0644. The third-order valence-electron chi connectivity index (χ3n) is 6.31. The molecule has 1 aliphatic heterocycles. The van der Waals surface area contributed by atoms with Gasteiger partial charge in [0.05, 0.1) is 11.5 Å². The molecule has 0 radical (unpaired) electrons. The molecule has 0 aromatic heterocycles. The predicted octanol–water partition coefficient (Wildman–Crippen LogP) is 3.33. The SMILES string of the molecule is Cc1ccc(C)c(S(=O)(=O)C2(C(=O)N3CCN(C(=O)OCC(C)C)CC3)CCCC2)c1. The molecular weight excluding hydrogens is 416 g/mol. The van der Waals surface area contributed by atoms with E-state index < -0.39 is 14.6 Å². The lowest BCUT2D eigenvalue weighted by Crippen LogP contribution is -2.58.